The van der Waals surface area contributed by atoms with Gasteiger partial charge in [0, 0.05) is 27.5 Å². The van der Waals surface area contributed by atoms with Crippen LogP contribution in [0.2, 0.25) is 0 Å². The van der Waals surface area contributed by atoms with E-state index in [9.17, 15) is 0 Å². The average Bonchev–Trinajstić information content (AvgIpc) is 2.71. The topological polar surface area (TPSA) is 35.0 Å². The van der Waals surface area contributed by atoms with E-state index >= 15 is 0 Å². The molecule has 4 aromatic rings. The number of nitrogens with zero attached hydrogens (tertiary/aromatic N) is 2. The summed E-state index contributed by atoms with van der Waals surface area (Å²) in [6.45, 7) is 16.3. The molecule has 3 heterocycles. The highest BCUT2D eigenvalue weighted by atomic mass is 35.5. The molecule has 0 saturated carbocycles. The van der Waals surface area contributed by atoms with E-state index in [1.807, 2.05) is 12.3 Å². The van der Waals surface area contributed by atoms with Crippen molar-refractivity contribution >= 4 is 34.2 Å². The molecule has 0 fully saturated rings. The summed E-state index contributed by atoms with van der Waals surface area (Å²) in [6.07, 6.45) is 1.92. The van der Waals surface area contributed by atoms with Crippen LogP contribution in [0.4, 0.5) is 0 Å². The zero-order valence-electron chi connectivity index (χ0n) is 20.0. The number of aryl methyl sites for hydroxylation is 1. The van der Waals surface area contributed by atoms with Gasteiger partial charge in [0.05, 0.1) is 22.9 Å². The number of hydrogen-bond donors (Lipinski definition) is 0. The summed E-state index contributed by atoms with van der Waals surface area (Å²) in [6, 6.07) is 12.9. The van der Waals surface area contributed by atoms with Crippen molar-refractivity contribution in [1.82, 2.24) is 9.97 Å². The molecule has 0 atom stereocenters. The van der Waals surface area contributed by atoms with Gasteiger partial charge in [-0.1, -0.05) is 65.8 Å². The fourth-order valence-corrected chi connectivity index (χ4v) is 4.62. The van der Waals surface area contributed by atoms with Gasteiger partial charge in [-0.25, -0.2) is 4.98 Å². The highest BCUT2D eigenvalue weighted by molar-refractivity contribution is 6.07. The van der Waals surface area contributed by atoms with Crippen LogP contribution < -0.4 is 4.74 Å². The molecule has 0 amide bonds. The van der Waals surface area contributed by atoms with Crippen LogP contribution in [0.3, 0.4) is 0 Å². The second-order valence-electron chi connectivity index (χ2n) is 10.8. The summed E-state index contributed by atoms with van der Waals surface area (Å²) in [7, 11) is 0. The predicted octanol–water partition coefficient (Wildman–Crippen LogP) is 7.67. The minimum atomic E-state index is -0.0213. The first kappa shape index (κ1) is 22.5. The molecule has 166 valence electrons. The van der Waals surface area contributed by atoms with Crippen LogP contribution in [0.25, 0.3) is 33.1 Å². The van der Waals surface area contributed by atoms with Gasteiger partial charge >= 0.3 is 0 Å². The molecular formula is C28H31ClN2O. The zero-order valence-corrected chi connectivity index (χ0v) is 20.8. The second kappa shape index (κ2) is 7.45. The third-order valence-corrected chi connectivity index (χ3v) is 6.48. The lowest BCUT2D eigenvalue weighted by atomic mass is 9.77. The van der Waals surface area contributed by atoms with Crippen molar-refractivity contribution in [2.45, 2.75) is 65.9 Å². The third-order valence-electron chi connectivity index (χ3n) is 6.48. The Morgan fingerprint density at radius 2 is 1.62 bits per heavy atom. The van der Waals surface area contributed by atoms with Gasteiger partial charge in [-0.2, -0.15) is 0 Å². The highest BCUT2D eigenvalue weighted by Crippen LogP contribution is 2.47. The number of pyridine rings is 2. The summed E-state index contributed by atoms with van der Waals surface area (Å²) in [5, 5.41) is 2.33. The Hall–Kier alpha value is -2.65. The second-order valence-corrected chi connectivity index (χ2v) is 10.8. The summed E-state index contributed by atoms with van der Waals surface area (Å²) in [4.78, 5) is 9.85. The molecule has 3 nitrogen and oxygen atoms in total. The maximum atomic E-state index is 6.46. The van der Waals surface area contributed by atoms with Crippen molar-refractivity contribution in [3.8, 4) is 17.0 Å². The highest BCUT2D eigenvalue weighted by Gasteiger charge is 2.31. The van der Waals surface area contributed by atoms with Gasteiger partial charge in [0.1, 0.15) is 12.4 Å². The summed E-state index contributed by atoms with van der Waals surface area (Å²) < 4.78 is 6.46. The normalized spacial score (nSPS) is 13.3. The molecule has 0 spiro atoms. The zero-order chi connectivity index (χ0) is 22.1. The maximum absolute atomic E-state index is 6.46. The first-order chi connectivity index (χ1) is 14.6. The van der Waals surface area contributed by atoms with Crippen LogP contribution in [-0.4, -0.2) is 9.97 Å². The maximum Gasteiger partial charge on any atom is 0.132 e. The third kappa shape index (κ3) is 3.44. The van der Waals surface area contributed by atoms with Gasteiger partial charge in [0.25, 0.3) is 0 Å². The van der Waals surface area contributed by atoms with Gasteiger partial charge in [-0.15, -0.1) is 12.4 Å². The monoisotopic (exact) mass is 446 g/mol. The Balaban J connectivity index is 0.00000245. The van der Waals surface area contributed by atoms with E-state index in [1.165, 1.54) is 27.6 Å². The molecule has 0 N–H and O–H groups in total. The van der Waals surface area contributed by atoms with Crippen molar-refractivity contribution in [3.63, 3.8) is 0 Å². The Kier molecular flexibility index (Phi) is 5.25. The molecule has 1 aliphatic heterocycles. The minimum absolute atomic E-state index is 0. The van der Waals surface area contributed by atoms with E-state index in [0.717, 1.165) is 33.4 Å². The van der Waals surface area contributed by atoms with Crippen LogP contribution in [0.5, 0.6) is 5.75 Å². The fraction of sp³-hybridized carbons (Fsp3) is 0.357. The largest absolute Gasteiger partial charge is 0.488 e. The van der Waals surface area contributed by atoms with Crippen molar-refractivity contribution in [2.24, 2.45) is 0 Å². The van der Waals surface area contributed by atoms with E-state index in [-0.39, 0.29) is 23.2 Å². The SMILES string of the molecule is Cc1c2c(nc3cnc4ccccc4c13)-c1cc(C(C)(C)C)cc(C(C)(C)C)c1OC2.Cl. The molecule has 2 aromatic carbocycles. The number of para-hydroxylation sites is 1. The molecular weight excluding hydrogens is 416 g/mol. The molecule has 0 unspecified atom stereocenters. The fourth-order valence-electron chi connectivity index (χ4n) is 4.62. The molecule has 0 saturated heterocycles. The van der Waals surface area contributed by atoms with Gasteiger partial charge < -0.3 is 4.74 Å². The predicted molar refractivity (Wildman–Crippen MR) is 136 cm³/mol. The van der Waals surface area contributed by atoms with Gasteiger partial charge in [0.15, 0.2) is 0 Å². The van der Waals surface area contributed by atoms with Crippen LogP contribution in [-0.2, 0) is 17.4 Å². The lowest BCUT2D eigenvalue weighted by Gasteiger charge is -2.32. The number of fused-ring (bicyclic) bond motifs is 6. The number of ether oxygens (including phenoxy) is 1. The van der Waals surface area contributed by atoms with Crippen LogP contribution in [0.1, 0.15) is 63.8 Å². The van der Waals surface area contributed by atoms with Gasteiger partial charge in [-0.3, -0.25) is 4.98 Å². The lowest BCUT2D eigenvalue weighted by Crippen LogP contribution is -2.21. The molecule has 4 heteroatoms. The minimum Gasteiger partial charge on any atom is -0.488 e. The summed E-state index contributed by atoms with van der Waals surface area (Å²) >= 11 is 0. The van der Waals surface area contributed by atoms with Gasteiger partial charge in [-0.05, 0) is 41.0 Å². The van der Waals surface area contributed by atoms with E-state index < -0.39 is 0 Å². The van der Waals surface area contributed by atoms with Crippen LogP contribution >= 0.6 is 12.4 Å². The van der Waals surface area contributed by atoms with Crippen LogP contribution in [0.15, 0.2) is 42.6 Å². The standard InChI is InChI=1S/C28H30N2O.ClH/c1-16-20-15-31-26-19(12-17(27(2,3)4)13-21(26)28(5,6)7)25(20)30-23-14-29-22-11-9-8-10-18(22)24(16)23;/h8-14H,15H2,1-7H3;1H. The smallest absolute Gasteiger partial charge is 0.132 e. The molecule has 0 bridgehead atoms. The molecule has 1 aliphatic rings. The van der Waals surface area contributed by atoms with Crippen molar-refractivity contribution in [2.75, 3.05) is 0 Å². The number of rotatable bonds is 0. The summed E-state index contributed by atoms with van der Waals surface area (Å²) in [5.74, 6) is 0.980. The molecule has 0 aliphatic carbocycles. The van der Waals surface area contributed by atoms with E-state index in [2.05, 4.69) is 83.8 Å². The van der Waals surface area contributed by atoms with Crippen LogP contribution in [0, 0.1) is 6.92 Å². The van der Waals surface area contributed by atoms with Gasteiger partial charge in [0.2, 0.25) is 0 Å². The Labute approximate surface area is 196 Å². The molecule has 2 aromatic heterocycles. The van der Waals surface area contributed by atoms with Crippen molar-refractivity contribution in [3.05, 3.63) is 64.8 Å². The number of hydrogen-bond acceptors (Lipinski definition) is 3. The Bertz CT molecular complexity index is 1360. The van der Waals surface area contributed by atoms with E-state index in [0.29, 0.717) is 6.61 Å². The number of aromatic nitrogens is 2. The quantitative estimate of drug-likeness (QED) is 0.260. The van der Waals surface area contributed by atoms with E-state index in [4.69, 9.17) is 9.72 Å². The summed E-state index contributed by atoms with van der Waals surface area (Å²) in [5.41, 5.74) is 9.09. The molecule has 32 heavy (non-hydrogen) atoms. The molecule has 5 rings (SSSR count). The Morgan fingerprint density at radius 1 is 0.906 bits per heavy atom. The van der Waals surface area contributed by atoms with Crippen molar-refractivity contribution in [1.29, 1.82) is 0 Å². The number of benzene rings is 2. The van der Waals surface area contributed by atoms with Crippen molar-refractivity contribution < 1.29 is 4.74 Å². The average molecular weight is 447 g/mol. The Morgan fingerprint density at radius 3 is 2.31 bits per heavy atom. The first-order valence-corrected chi connectivity index (χ1v) is 11.0. The first-order valence-electron chi connectivity index (χ1n) is 11.0. The molecule has 0 radical (unpaired) electrons. The number of halogens is 1. The lowest BCUT2D eigenvalue weighted by molar-refractivity contribution is 0.292. The van der Waals surface area contributed by atoms with E-state index in [1.54, 1.807) is 0 Å².